The van der Waals surface area contributed by atoms with Gasteiger partial charge < -0.3 is 20.8 Å². The van der Waals surface area contributed by atoms with Crippen molar-refractivity contribution in [1.82, 2.24) is 35.3 Å². The van der Waals surface area contributed by atoms with Gasteiger partial charge in [-0.1, -0.05) is 13.8 Å². The predicted molar refractivity (Wildman–Crippen MR) is 147 cm³/mol. The summed E-state index contributed by atoms with van der Waals surface area (Å²) in [6.45, 7) is 5.69. The molecule has 0 bridgehead atoms. The Hall–Kier alpha value is -2.98. The Labute approximate surface area is 244 Å². The molecule has 2 aromatic heterocycles. The van der Waals surface area contributed by atoms with E-state index in [1.54, 1.807) is 23.0 Å². The summed E-state index contributed by atoms with van der Waals surface area (Å²) in [5, 5.41) is 35.4. The van der Waals surface area contributed by atoms with Crippen LogP contribution in [0.4, 0.5) is 4.32 Å². The number of aryl methyl sites for hydroxylation is 2. The zero-order valence-electron chi connectivity index (χ0n) is 23.2. The summed E-state index contributed by atoms with van der Waals surface area (Å²) in [7, 11) is -1.30. The molecule has 0 saturated heterocycles. The minimum absolute atomic E-state index is 0.0160. The topological polar surface area (TPSA) is 146 Å². The van der Waals surface area contributed by atoms with Crippen molar-refractivity contribution in [2.45, 2.75) is 52.7 Å². The Bertz CT molecular complexity index is 1270. The summed E-state index contributed by atoms with van der Waals surface area (Å²) in [5.74, 6) is -1.13. The third-order valence-corrected chi connectivity index (χ3v) is 8.03. The number of fused-ring (bicyclic) bond motifs is 1. The molecule has 1 aliphatic rings. The number of carbonyl (C=O) groups is 2. The zero-order chi connectivity index (χ0) is 29.3. The number of hydrogen-bond acceptors (Lipinski definition) is 7. The van der Waals surface area contributed by atoms with Crippen molar-refractivity contribution in [2.75, 3.05) is 18.1 Å². The summed E-state index contributed by atoms with van der Waals surface area (Å²) >= 11 is -0.0160. The van der Waals surface area contributed by atoms with E-state index in [-0.39, 0.29) is 27.8 Å². The second-order valence-electron chi connectivity index (χ2n) is 10.2. The third-order valence-electron chi connectivity index (χ3n) is 6.47. The van der Waals surface area contributed by atoms with Crippen molar-refractivity contribution in [3.8, 4) is 0 Å². The second kappa shape index (κ2) is 14.6. The summed E-state index contributed by atoms with van der Waals surface area (Å²) in [6, 6.07) is 3.91. The minimum atomic E-state index is -1.41. The second-order valence-corrected chi connectivity index (χ2v) is 12.0. The number of amides is 2. The van der Waals surface area contributed by atoms with Crippen LogP contribution in [0, 0.1) is 5.41 Å². The molecule has 5 N–H and O–H groups in total. The van der Waals surface area contributed by atoms with E-state index in [2.05, 4.69) is 35.2 Å². The van der Waals surface area contributed by atoms with E-state index in [4.69, 9.17) is 0 Å². The van der Waals surface area contributed by atoms with E-state index in [1.165, 1.54) is 0 Å². The number of aliphatic hydroxyl groups excluding tert-OH is 2. The van der Waals surface area contributed by atoms with Crippen LogP contribution in [0.15, 0.2) is 46.0 Å². The molecule has 1 unspecified atom stereocenters. The summed E-state index contributed by atoms with van der Waals surface area (Å²) in [5.41, 5.74) is 3.39. The van der Waals surface area contributed by atoms with Gasteiger partial charge in [0.2, 0.25) is 5.91 Å². The van der Waals surface area contributed by atoms with Crippen LogP contribution < -0.4 is 37.1 Å². The number of halogens is 2. The Balaban J connectivity index is 1.40. The first-order chi connectivity index (χ1) is 19.1. The van der Waals surface area contributed by atoms with Crippen LogP contribution in [0.3, 0.4) is 0 Å². The number of rotatable bonds is 14. The average molecular weight is 668 g/mol. The van der Waals surface area contributed by atoms with Crippen LogP contribution in [0.2, 0.25) is 0 Å². The molecule has 0 aromatic carbocycles. The first-order valence-electron chi connectivity index (χ1n) is 13.0. The molecule has 40 heavy (non-hydrogen) atoms. The molecule has 1 atom stereocenters. The molecular weight excluding hydrogens is 631 g/mol. The normalized spacial score (nSPS) is 14.6. The third kappa shape index (κ3) is 8.51. The zero-order valence-corrected chi connectivity index (χ0v) is 25.4. The van der Waals surface area contributed by atoms with Gasteiger partial charge in [0.25, 0.3) is 5.91 Å². The van der Waals surface area contributed by atoms with Crippen molar-refractivity contribution in [3.05, 3.63) is 63.0 Å². The molecule has 0 radical (unpaired) electrons. The Kier molecular flexibility index (Phi) is 11.5. The van der Waals surface area contributed by atoms with Crippen molar-refractivity contribution in [1.29, 1.82) is 0 Å². The van der Waals surface area contributed by atoms with Gasteiger partial charge in [-0.15, -0.1) is 5.10 Å². The fourth-order valence-electron chi connectivity index (χ4n) is 4.02. The number of alkyl halides is 1. The average Bonchev–Trinajstić information content (AvgIpc) is 3.55. The van der Waals surface area contributed by atoms with Gasteiger partial charge in [-0.2, -0.15) is 0 Å². The molecule has 0 spiro atoms. The number of aliphatic hydroxyl groups is 2. The van der Waals surface area contributed by atoms with Crippen LogP contribution in [0.5, 0.6) is 0 Å². The molecule has 11 nitrogen and oxygen atoms in total. The van der Waals surface area contributed by atoms with E-state index in [9.17, 15) is 24.1 Å². The molecule has 0 aliphatic carbocycles. The number of nitrogens with zero attached hydrogens (tertiary/aromatic N) is 4. The molecule has 0 saturated carbocycles. The number of carbonyl (C=O) groups excluding carboxylic acids is 2. The van der Waals surface area contributed by atoms with Gasteiger partial charge in [-0.25, -0.2) is 0 Å². The predicted octanol–water partition coefficient (Wildman–Crippen LogP) is -2.25. The fourth-order valence-corrected chi connectivity index (χ4v) is 5.29. The van der Waals surface area contributed by atoms with Gasteiger partial charge in [-0.3, -0.25) is 9.59 Å². The van der Waals surface area contributed by atoms with Crippen molar-refractivity contribution in [3.63, 3.8) is 0 Å². The van der Waals surface area contributed by atoms with Gasteiger partial charge in [0.15, 0.2) is 0 Å². The van der Waals surface area contributed by atoms with E-state index in [0.29, 0.717) is 25.9 Å². The molecule has 1 aliphatic heterocycles. The molecule has 2 amide bonds. The maximum atomic E-state index is 14.9. The van der Waals surface area contributed by atoms with Gasteiger partial charge in [0.1, 0.15) is 6.10 Å². The quantitative estimate of drug-likeness (QED) is 0.0663. The van der Waals surface area contributed by atoms with Gasteiger partial charge >= 0.3 is 135 Å². The van der Waals surface area contributed by atoms with Crippen molar-refractivity contribution >= 4 is 25.2 Å². The van der Waals surface area contributed by atoms with Crippen LogP contribution >= 0.6 is 0 Å². The number of allylic oxidation sites excluding steroid dienone is 1. The van der Waals surface area contributed by atoms with E-state index in [0.717, 1.165) is 47.0 Å². The Morgan fingerprint density at radius 2 is 2.10 bits per heavy atom. The van der Waals surface area contributed by atoms with Crippen LogP contribution in [-0.2, 0) is 29.0 Å². The Morgan fingerprint density at radius 1 is 1.32 bits per heavy atom. The molecule has 14 heteroatoms. The SMILES string of the molecule is C[I-]/C=C(/C)C1=Cc2ccc(CCCn3cc(CCNC(=O)/C=C\NC(=O)C(O)C(C)(C)CO)nn3)n2B(F)N1. The molecule has 3 rings (SSSR count). The van der Waals surface area contributed by atoms with E-state index in [1.807, 2.05) is 31.3 Å². The van der Waals surface area contributed by atoms with Crippen molar-refractivity contribution < 1.29 is 45.3 Å². The summed E-state index contributed by atoms with van der Waals surface area (Å²) in [6.07, 6.45) is 6.60. The maximum absolute atomic E-state index is 14.9. The van der Waals surface area contributed by atoms with Crippen LogP contribution in [0.25, 0.3) is 6.08 Å². The van der Waals surface area contributed by atoms with Crippen LogP contribution in [0.1, 0.15) is 44.3 Å². The number of hydrogen-bond donors (Lipinski definition) is 5. The monoisotopic (exact) mass is 668 g/mol. The first-order valence-corrected chi connectivity index (χ1v) is 16.4. The fraction of sp³-hybridized carbons (Fsp3) is 0.462. The van der Waals surface area contributed by atoms with Crippen LogP contribution in [-0.4, -0.2) is 72.9 Å². The van der Waals surface area contributed by atoms with E-state index >= 15 is 0 Å². The number of aromatic nitrogens is 4. The Morgan fingerprint density at radius 3 is 2.83 bits per heavy atom. The molecule has 2 aromatic rings. The summed E-state index contributed by atoms with van der Waals surface area (Å²) in [4.78, 5) is 26.0. The molecular formula is C26H37BFIN7O4-. The number of nitrogens with one attached hydrogen (secondary N) is 3. The molecule has 0 fully saturated rings. The standard InChI is InChI=1S/C26H37BFIN7O4/c1-18(15-29-4)22-14-21-8-7-20(36(21)27(28)32-22)6-5-13-35-16-19(33-34-35)9-11-30-23(38)10-12-31-25(40)24(39)26(2,3)17-37/h7-8,10,12,14-16,24,32,37,39H,5-6,9,11,13,17H2,1-4H3,(H,30,38)(H,31,40)/q-1/b12-10-,18-15-. The van der Waals surface area contributed by atoms with Gasteiger partial charge in [0.05, 0.1) is 12.3 Å². The van der Waals surface area contributed by atoms with Gasteiger partial charge in [-0.05, 0) is 0 Å². The first kappa shape index (κ1) is 31.6. The van der Waals surface area contributed by atoms with Crippen molar-refractivity contribution in [2.24, 2.45) is 5.41 Å². The summed E-state index contributed by atoms with van der Waals surface area (Å²) < 4.78 is 20.5. The van der Waals surface area contributed by atoms with E-state index < -0.39 is 30.6 Å². The molecule has 3 heterocycles. The molecule has 218 valence electrons. The van der Waals surface area contributed by atoms with Gasteiger partial charge in [0, 0.05) is 30.7 Å².